The van der Waals surface area contributed by atoms with Gasteiger partial charge in [-0.2, -0.15) is 0 Å². The van der Waals surface area contributed by atoms with E-state index in [0.29, 0.717) is 31.6 Å². The van der Waals surface area contributed by atoms with Crippen LogP contribution in [0.3, 0.4) is 0 Å². The van der Waals surface area contributed by atoms with Gasteiger partial charge < -0.3 is 16.0 Å². The number of carbonyl (C=O) groups excluding carboxylic acids is 3. The van der Waals surface area contributed by atoms with Gasteiger partial charge in [0.25, 0.3) is 5.91 Å². The number of thiazole rings is 1. The third-order valence-electron chi connectivity index (χ3n) is 4.23. The summed E-state index contributed by atoms with van der Waals surface area (Å²) in [5.41, 5.74) is 5.96. The highest BCUT2D eigenvalue weighted by molar-refractivity contribution is 7.14. The Morgan fingerprint density at radius 3 is 2.44 bits per heavy atom. The molecule has 2 heterocycles. The van der Waals surface area contributed by atoms with E-state index in [0.717, 1.165) is 11.3 Å². The molecule has 0 bridgehead atoms. The van der Waals surface area contributed by atoms with Crippen LogP contribution >= 0.6 is 11.3 Å². The predicted octanol–water partition coefficient (Wildman–Crippen LogP) is 2.26. The fraction of sp³-hybridized carbons (Fsp3) is 0.294. The molecule has 142 valence electrons. The molecule has 4 N–H and O–H groups in total. The monoisotopic (exact) mass is 391 g/mol. The summed E-state index contributed by atoms with van der Waals surface area (Å²) in [5, 5.41) is 6.92. The second kappa shape index (κ2) is 8.12. The highest BCUT2D eigenvalue weighted by Crippen LogP contribution is 2.21. The van der Waals surface area contributed by atoms with E-state index in [2.05, 4.69) is 15.6 Å². The zero-order valence-electron chi connectivity index (χ0n) is 14.3. The molecule has 1 aliphatic heterocycles. The number of primary amides is 1. The van der Waals surface area contributed by atoms with Crippen LogP contribution in [-0.4, -0.2) is 40.8 Å². The quantitative estimate of drug-likeness (QED) is 0.741. The van der Waals surface area contributed by atoms with Crippen LogP contribution in [0.5, 0.6) is 0 Å². The maximum absolute atomic E-state index is 12.9. The molecule has 1 aromatic heterocycles. The standard InChI is InChI=1S/C17H18FN5O3S/c18-11-1-3-12(4-2-11)20-16(26)22-17-21-13(9-27-17)15(25)23-7-5-10(6-8-23)14(19)24/h1-4,9-10H,5-8H2,(H2,19,24)(H2,20,21,22,26). The normalized spacial score (nSPS) is 14.6. The lowest BCUT2D eigenvalue weighted by molar-refractivity contribution is -0.123. The van der Waals surface area contributed by atoms with Crippen molar-refractivity contribution in [2.24, 2.45) is 11.7 Å². The second-order valence-corrected chi connectivity index (χ2v) is 6.95. The number of amides is 4. The number of nitrogens with zero attached hydrogens (tertiary/aromatic N) is 2. The van der Waals surface area contributed by atoms with Crippen molar-refractivity contribution in [2.45, 2.75) is 12.8 Å². The molecule has 0 radical (unpaired) electrons. The Bertz CT molecular complexity index is 847. The SMILES string of the molecule is NC(=O)C1CCN(C(=O)c2csc(NC(=O)Nc3ccc(F)cc3)n2)CC1. The Kier molecular flexibility index (Phi) is 5.65. The number of nitrogens with two attached hydrogens (primary N) is 1. The van der Waals surface area contributed by atoms with Crippen molar-refractivity contribution in [1.29, 1.82) is 0 Å². The number of hydrogen-bond acceptors (Lipinski definition) is 5. The number of likely N-dealkylation sites (tertiary alicyclic amines) is 1. The van der Waals surface area contributed by atoms with Crippen molar-refractivity contribution >= 4 is 40.0 Å². The Morgan fingerprint density at radius 2 is 1.81 bits per heavy atom. The predicted molar refractivity (Wildman–Crippen MR) is 99.0 cm³/mol. The summed E-state index contributed by atoms with van der Waals surface area (Å²) in [6.07, 6.45) is 1.08. The minimum absolute atomic E-state index is 0.197. The van der Waals surface area contributed by atoms with Crippen LogP contribution in [0.4, 0.5) is 20.0 Å². The number of rotatable bonds is 4. The molecule has 1 aliphatic rings. The number of hydrogen-bond donors (Lipinski definition) is 3. The molecule has 2 aromatic rings. The topological polar surface area (TPSA) is 117 Å². The Balaban J connectivity index is 1.54. The lowest BCUT2D eigenvalue weighted by atomic mass is 9.96. The number of piperidine rings is 1. The summed E-state index contributed by atoms with van der Waals surface area (Å²) in [4.78, 5) is 41.4. The van der Waals surface area contributed by atoms with Gasteiger partial charge in [0, 0.05) is 30.1 Å². The number of carbonyl (C=O) groups is 3. The van der Waals surface area contributed by atoms with Gasteiger partial charge in [0.1, 0.15) is 11.5 Å². The number of anilines is 2. The molecule has 0 atom stereocenters. The molecule has 0 aliphatic carbocycles. The van der Waals surface area contributed by atoms with E-state index >= 15 is 0 Å². The molecule has 8 nitrogen and oxygen atoms in total. The summed E-state index contributed by atoms with van der Waals surface area (Å²) < 4.78 is 12.9. The van der Waals surface area contributed by atoms with Gasteiger partial charge in [-0.3, -0.25) is 14.9 Å². The Morgan fingerprint density at radius 1 is 1.15 bits per heavy atom. The van der Waals surface area contributed by atoms with Crippen LogP contribution in [-0.2, 0) is 4.79 Å². The Hall–Kier alpha value is -3.01. The summed E-state index contributed by atoms with van der Waals surface area (Å²) in [6.45, 7) is 0.884. The van der Waals surface area contributed by atoms with Gasteiger partial charge in [0.05, 0.1) is 0 Å². The van der Waals surface area contributed by atoms with Gasteiger partial charge in [0.2, 0.25) is 5.91 Å². The van der Waals surface area contributed by atoms with Gasteiger partial charge >= 0.3 is 6.03 Å². The number of urea groups is 1. The van der Waals surface area contributed by atoms with Crippen molar-refractivity contribution in [3.63, 3.8) is 0 Å². The van der Waals surface area contributed by atoms with Crippen molar-refractivity contribution in [3.8, 4) is 0 Å². The molecule has 1 aromatic carbocycles. The molecule has 1 saturated heterocycles. The average molecular weight is 391 g/mol. The van der Waals surface area contributed by atoms with E-state index in [1.165, 1.54) is 24.3 Å². The van der Waals surface area contributed by atoms with Crippen molar-refractivity contribution in [1.82, 2.24) is 9.88 Å². The van der Waals surface area contributed by atoms with Gasteiger partial charge in [-0.1, -0.05) is 0 Å². The van der Waals surface area contributed by atoms with Crippen molar-refractivity contribution in [2.75, 3.05) is 23.7 Å². The second-order valence-electron chi connectivity index (χ2n) is 6.09. The van der Waals surface area contributed by atoms with E-state index in [-0.39, 0.29) is 28.6 Å². The Labute approximate surface area is 158 Å². The highest BCUT2D eigenvalue weighted by Gasteiger charge is 2.27. The molecule has 0 saturated carbocycles. The fourth-order valence-corrected chi connectivity index (χ4v) is 3.43. The number of aromatic nitrogens is 1. The van der Waals surface area contributed by atoms with E-state index in [1.807, 2.05) is 0 Å². The molecule has 3 rings (SSSR count). The van der Waals surface area contributed by atoms with E-state index in [4.69, 9.17) is 5.73 Å². The lowest BCUT2D eigenvalue weighted by Gasteiger charge is -2.29. The molecular weight excluding hydrogens is 373 g/mol. The zero-order chi connectivity index (χ0) is 19.4. The van der Waals surface area contributed by atoms with Crippen molar-refractivity contribution < 1.29 is 18.8 Å². The van der Waals surface area contributed by atoms with Crippen LogP contribution in [0.15, 0.2) is 29.6 Å². The van der Waals surface area contributed by atoms with Crippen LogP contribution in [0.25, 0.3) is 0 Å². The van der Waals surface area contributed by atoms with Crippen LogP contribution < -0.4 is 16.4 Å². The number of nitrogens with one attached hydrogen (secondary N) is 2. The van der Waals surface area contributed by atoms with E-state index in [1.54, 1.807) is 10.3 Å². The van der Waals surface area contributed by atoms with Crippen LogP contribution in [0.1, 0.15) is 23.3 Å². The van der Waals surface area contributed by atoms with Gasteiger partial charge in [-0.15, -0.1) is 11.3 Å². The van der Waals surface area contributed by atoms with E-state index in [9.17, 15) is 18.8 Å². The molecule has 0 spiro atoms. The first-order valence-electron chi connectivity index (χ1n) is 8.30. The van der Waals surface area contributed by atoms with Gasteiger partial charge in [-0.25, -0.2) is 14.2 Å². The minimum atomic E-state index is -0.544. The summed E-state index contributed by atoms with van der Waals surface area (Å²) >= 11 is 1.12. The molecule has 0 unspecified atom stereocenters. The first-order valence-corrected chi connectivity index (χ1v) is 9.18. The number of benzene rings is 1. The molecule has 1 fully saturated rings. The minimum Gasteiger partial charge on any atom is -0.369 e. The number of halogens is 1. The largest absolute Gasteiger partial charge is 0.369 e. The highest BCUT2D eigenvalue weighted by atomic mass is 32.1. The molecular formula is C17H18FN5O3S. The maximum Gasteiger partial charge on any atom is 0.325 e. The first-order chi connectivity index (χ1) is 12.9. The van der Waals surface area contributed by atoms with Crippen LogP contribution in [0, 0.1) is 11.7 Å². The lowest BCUT2D eigenvalue weighted by Crippen LogP contribution is -2.41. The third-order valence-corrected chi connectivity index (χ3v) is 4.99. The zero-order valence-corrected chi connectivity index (χ0v) is 15.1. The molecule has 4 amide bonds. The smallest absolute Gasteiger partial charge is 0.325 e. The van der Waals surface area contributed by atoms with E-state index < -0.39 is 11.8 Å². The molecule has 10 heteroatoms. The summed E-state index contributed by atoms with van der Waals surface area (Å²) in [6, 6.07) is 4.79. The first kappa shape index (κ1) is 18.8. The van der Waals surface area contributed by atoms with Gasteiger partial charge in [-0.05, 0) is 37.1 Å². The summed E-state index contributed by atoms with van der Waals surface area (Å²) in [7, 11) is 0. The van der Waals surface area contributed by atoms with Gasteiger partial charge in [0.15, 0.2) is 5.13 Å². The maximum atomic E-state index is 12.9. The third kappa shape index (κ3) is 4.79. The molecule has 27 heavy (non-hydrogen) atoms. The fourth-order valence-electron chi connectivity index (χ4n) is 2.75. The van der Waals surface area contributed by atoms with Crippen LogP contribution in [0.2, 0.25) is 0 Å². The van der Waals surface area contributed by atoms with Crippen molar-refractivity contribution in [3.05, 3.63) is 41.2 Å². The average Bonchev–Trinajstić information content (AvgIpc) is 3.11. The summed E-state index contributed by atoms with van der Waals surface area (Å²) in [5.74, 6) is -1.18.